The molecule has 1 heterocycles. The molecule has 170 valence electrons. The third-order valence-electron chi connectivity index (χ3n) is 5.08. The Morgan fingerprint density at radius 2 is 1.68 bits per heavy atom. The molecule has 0 aliphatic rings. The van der Waals surface area contributed by atoms with Crippen LogP contribution in [0, 0.1) is 18.2 Å². The monoisotopic (exact) mass is 446 g/mol. The fourth-order valence-electron chi connectivity index (χ4n) is 3.25. The summed E-state index contributed by atoms with van der Waals surface area (Å²) in [6, 6.07) is 8.28. The molecule has 0 saturated carbocycles. The Kier molecular flexibility index (Phi) is 9.23. The van der Waals surface area contributed by atoms with Crippen LogP contribution >= 0.6 is 11.3 Å². The standard InChI is InChI=1S/C25H35FN2O2S/c1-6-7-13-27(23(29)15-25(3,4)5)18-24(30)28(17-22-19(2)12-14-31-22)16-20-8-10-21(26)11-9-20/h8-12,14H,6-7,13,15-18H2,1-5H3. The van der Waals surface area contributed by atoms with E-state index >= 15 is 0 Å². The summed E-state index contributed by atoms with van der Waals surface area (Å²) in [5, 5.41) is 2.02. The van der Waals surface area contributed by atoms with Gasteiger partial charge in [-0.2, -0.15) is 0 Å². The lowest BCUT2D eigenvalue weighted by Crippen LogP contribution is -2.43. The van der Waals surface area contributed by atoms with Crippen molar-refractivity contribution in [3.8, 4) is 0 Å². The topological polar surface area (TPSA) is 40.6 Å². The molecule has 2 amide bonds. The second kappa shape index (κ2) is 11.4. The maximum absolute atomic E-state index is 13.4. The van der Waals surface area contributed by atoms with Crippen molar-refractivity contribution in [3.63, 3.8) is 0 Å². The van der Waals surface area contributed by atoms with Gasteiger partial charge in [0.25, 0.3) is 0 Å². The second-order valence-corrected chi connectivity index (χ2v) is 10.3. The highest BCUT2D eigenvalue weighted by molar-refractivity contribution is 7.10. The zero-order valence-corrected chi connectivity index (χ0v) is 20.2. The molecule has 2 aromatic rings. The minimum absolute atomic E-state index is 0.0170. The van der Waals surface area contributed by atoms with Crippen molar-refractivity contribution >= 4 is 23.2 Å². The van der Waals surface area contributed by atoms with Crippen molar-refractivity contribution in [1.82, 2.24) is 9.80 Å². The molecule has 0 spiro atoms. The molecule has 0 radical (unpaired) electrons. The van der Waals surface area contributed by atoms with Crippen LogP contribution in [0.2, 0.25) is 0 Å². The summed E-state index contributed by atoms with van der Waals surface area (Å²) >= 11 is 1.62. The molecule has 0 aliphatic carbocycles. The van der Waals surface area contributed by atoms with Gasteiger partial charge in [0.05, 0.1) is 13.1 Å². The van der Waals surface area contributed by atoms with Crippen molar-refractivity contribution in [2.75, 3.05) is 13.1 Å². The van der Waals surface area contributed by atoms with Crippen LogP contribution in [-0.4, -0.2) is 34.7 Å². The molecule has 1 aromatic heterocycles. The summed E-state index contributed by atoms with van der Waals surface area (Å²) in [4.78, 5) is 30.9. The highest BCUT2D eigenvalue weighted by atomic mass is 32.1. The molecule has 31 heavy (non-hydrogen) atoms. The molecular weight excluding hydrogens is 411 g/mol. The van der Waals surface area contributed by atoms with Crippen LogP contribution in [0.15, 0.2) is 35.7 Å². The largest absolute Gasteiger partial charge is 0.333 e. The van der Waals surface area contributed by atoms with Crippen LogP contribution in [0.5, 0.6) is 0 Å². The summed E-state index contributed by atoms with van der Waals surface area (Å²) in [5.41, 5.74) is 1.88. The molecule has 0 unspecified atom stereocenters. The predicted octanol–water partition coefficient (Wildman–Crippen LogP) is 5.79. The average Bonchev–Trinajstić information content (AvgIpc) is 3.09. The Balaban J connectivity index is 2.20. The van der Waals surface area contributed by atoms with Gasteiger partial charge in [0, 0.05) is 24.4 Å². The first-order valence-corrected chi connectivity index (χ1v) is 11.8. The first kappa shape index (κ1) is 25.1. The third-order valence-corrected chi connectivity index (χ3v) is 6.09. The highest BCUT2D eigenvalue weighted by Gasteiger charge is 2.25. The maximum atomic E-state index is 13.4. The van der Waals surface area contributed by atoms with Gasteiger partial charge in [0.1, 0.15) is 5.82 Å². The number of aryl methyl sites for hydroxylation is 1. The number of nitrogens with zero attached hydrogens (tertiary/aromatic N) is 2. The van der Waals surface area contributed by atoms with E-state index < -0.39 is 0 Å². The summed E-state index contributed by atoms with van der Waals surface area (Å²) in [6.07, 6.45) is 2.23. The molecule has 0 N–H and O–H groups in total. The molecular formula is C25H35FN2O2S. The van der Waals surface area contributed by atoms with Crippen molar-refractivity contribution in [1.29, 1.82) is 0 Å². The quantitative estimate of drug-likeness (QED) is 0.463. The first-order chi connectivity index (χ1) is 14.6. The number of amides is 2. The molecule has 0 saturated heterocycles. The van der Waals surface area contributed by atoms with E-state index in [4.69, 9.17) is 0 Å². The second-order valence-electron chi connectivity index (χ2n) is 9.31. The summed E-state index contributed by atoms with van der Waals surface area (Å²) < 4.78 is 13.3. The third kappa shape index (κ3) is 8.44. The van der Waals surface area contributed by atoms with Gasteiger partial charge in [0.15, 0.2) is 0 Å². The van der Waals surface area contributed by atoms with E-state index in [-0.39, 0.29) is 29.6 Å². The number of benzene rings is 1. The van der Waals surface area contributed by atoms with E-state index in [1.165, 1.54) is 12.1 Å². The lowest BCUT2D eigenvalue weighted by Gasteiger charge is -2.29. The van der Waals surface area contributed by atoms with Crippen molar-refractivity contribution in [3.05, 3.63) is 57.5 Å². The summed E-state index contributed by atoms with van der Waals surface area (Å²) in [5.74, 6) is -0.368. The van der Waals surface area contributed by atoms with Gasteiger partial charge in [-0.25, -0.2) is 4.39 Å². The number of thiophene rings is 1. The molecule has 2 rings (SSSR count). The lowest BCUT2D eigenvalue weighted by molar-refractivity contribution is -0.142. The number of hydrogen-bond donors (Lipinski definition) is 0. The fraction of sp³-hybridized carbons (Fsp3) is 0.520. The number of halogens is 1. The first-order valence-electron chi connectivity index (χ1n) is 10.9. The Morgan fingerprint density at radius 1 is 1.00 bits per heavy atom. The van der Waals surface area contributed by atoms with Gasteiger partial charge in [-0.1, -0.05) is 46.2 Å². The van der Waals surface area contributed by atoms with Crippen LogP contribution in [0.3, 0.4) is 0 Å². The average molecular weight is 447 g/mol. The summed E-state index contributed by atoms with van der Waals surface area (Å²) in [7, 11) is 0. The van der Waals surface area contributed by atoms with Crippen LogP contribution in [-0.2, 0) is 22.7 Å². The van der Waals surface area contributed by atoms with E-state index in [9.17, 15) is 14.0 Å². The van der Waals surface area contributed by atoms with Gasteiger partial charge < -0.3 is 9.80 Å². The van der Waals surface area contributed by atoms with E-state index in [0.717, 1.165) is 28.8 Å². The fourth-order valence-corrected chi connectivity index (χ4v) is 4.17. The van der Waals surface area contributed by atoms with Crippen LogP contribution in [0.4, 0.5) is 4.39 Å². The smallest absolute Gasteiger partial charge is 0.242 e. The molecule has 1 aromatic carbocycles. The molecule has 6 heteroatoms. The zero-order valence-electron chi connectivity index (χ0n) is 19.4. The van der Waals surface area contributed by atoms with Gasteiger partial charge in [0.2, 0.25) is 11.8 Å². The van der Waals surface area contributed by atoms with Crippen molar-refractivity contribution in [2.45, 2.75) is 67.0 Å². The number of hydrogen-bond acceptors (Lipinski definition) is 3. The SMILES string of the molecule is CCCCN(CC(=O)N(Cc1ccc(F)cc1)Cc1sccc1C)C(=O)CC(C)(C)C. The van der Waals surface area contributed by atoms with Gasteiger partial charge in [-0.3, -0.25) is 9.59 Å². The minimum Gasteiger partial charge on any atom is -0.333 e. The molecule has 0 fully saturated rings. The minimum atomic E-state index is -0.297. The molecule has 0 bridgehead atoms. The highest BCUT2D eigenvalue weighted by Crippen LogP contribution is 2.22. The maximum Gasteiger partial charge on any atom is 0.242 e. The van der Waals surface area contributed by atoms with E-state index in [2.05, 4.69) is 6.92 Å². The number of carbonyl (C=O) groups excluding carboxylic acids is 2. The van der Waals surface area contributed by atoms with E-state index in [1.807, 2.05) is 39.1 Å². The van der Waals surface area contributed by atoms with Crippen molar-refractivity contribution < 1.29 is 14.0 Å². The predicted molar refractivity (Wildman–Crippen MR) is 125 cm³/mol. The van der Waals surface area contributed by atoms with E-state index in [1.54, 1.807) is 33.3 Å². The number of unbranched alkanes of at least 4 members (excludes halogenated alkanes) is 1. The Morgan fingerprint density at radius 3 is 2.23 bits per heavy atom. The number of rotatable bonds is 10. The Labute approximate surface area is 190 Å². The van der Waals surface area contributed by atoms with Crippen LogP contribution in [0.25, 0.3) is 0 Å². The normalized spacial score (nSPS) is 11.4. The molecule has 4 nitrogen and oxygen atoms in total. The van der Waals surface area contributed by atoms with Crippen molar-refractivity contribution in [2.24, 2.45) is 5.41 Å². The van der Waals surface area contributed by atoms with Crippen LogP contribution < -0.4 is 0 Å². The Bertz CT molecular complexity index is 855. The number of carbonyl (C=O) groups is 2. The zero-order chi connectivity index (χ0) is 23.0. The molecule has 0 aliphatic heterocycles. The summed E-state index contributed by atoms with van der Waals surface area (Å²) in [6.45, 7) is 11.7. The van der Waals surface area contributed by atoms with Gasteiger partial charge in [-0.05, 0) is 53.5 Å². The molecule has 0 atom stereocenters. The van der Waals surface area contributed by atoms with E-state index in [0.29, 0.717) is 26.1 Å². The van der Waals surface area contributed by atoms with Gasteiger partial charge in [-0.15, -0.1) is 11.3 Å². The van der Waals surface area contributed by atoms with Crippen LogP contribution in [0.1, 0.15) is 63.0 Å². The lowest BCUT2D eigenvalue weighted by atomic mass is 9.91. The Hall–Kier alpha value is -2.21. The van der Waals surface area contributed by atoms with Gasteiger partial charge >= 0.3 is 0 Å².